The highest BCUT2D eigenvalue weighted by Gasteiger charge is 2.26. The lowest BCUT2D eigenvalue weighted by molar-refractivity contribution is -0.122. The standard InChI is InChI=1S/C24H25N5O/c1-16-10-17(2)12-19(11-16)29-23-9-5-7-21(20(23)14-26-29)27-24(30)15-28-22-8-4-3-6-18(22)13-25-28/h3-4,6,8,10-14,21H,5,7,9,15H2,1-2H3,(H,27,30)/t21-/m0/s1. The van der Waals surface area contributed by atoms with Crippen molar-refractivity contribution in [2.75, 3.05) is 0 Å². The summed E-state index contributed by atoms with van der Waals surface area (Å²) in [5, 5.41) is 13.3. The van der Waals surface area contributed by atoms with Crippen molar-refractivity contribution in [2.45, 2.75) is 45.7 Å². The van der Waals surface area contributed by atoms with Crippen LogP contribution in [-0.2, 0) is 17.8 Å². The van der Waals surface area contributed by atoms with E-state index in [1.54, 1.807) is 10.9 Å². The van der Waals surface area contributed by atoms with Gasteiger partial charge in [-0.25, -0.2) is 4.68 Å². The Kier molecular flexibility index (Phi) is 4.62. The second-order valence-corrected chi connectivity index (χ2v) is 8.18. The van der Waals surface area contributed by atoms with Crippen LogP contribution in [0.25, 0.3) is 16.6 Å². The molecular formula is C24H25N5O. The van der Waals surface area contributed by atoms with Gasteiger partial charge in [-0.2, -0.15) is 10.2 Å². The number of nitrogens with zero attached hydrogens (tertiary/aromatic N) is 4. The van der Waals surface area contributed by atoms with Crippen LogP contribution in [-0.4, -0.2) is 25.5 Å². The van der Waals surface area contributed by atoms with Gasteiger partial charge < -0.3 is 5.32 Å². The quantitative estimate of drug-likeness (QED) is 0.563. The predicted molar refractivity (Wildman–Crippen MR) is 117 cm³/mol. The fraction of sp³-hybridized carbons (Fsp3) is 0.292. The van der Waals surface area contributed by atoms with Crippen molar-refractivity contribution < 1.29 is 4.79 Å². The molecule has 0 unspecified atom stereocenters. The molecular weight excluding hydrogens is 374 g/mol. The zero-order chi connectivity index (χ0) is 20.7. The van der Waals surface area contributed by atoms with Crippen LogP contribution < -0.4 is 5.32 Å². The summed E-state index contributed by atoms with van der Waals surface area (Å²) in [5.74, 6) is -0.0270. The van der Waals surface area contributed by atoms with E-state index in [1.165, 1.54) is 16.8 Å². The number of benzene rings is 2. The maximum atomic E-state index is 12.8. The molecule has 0 spiro atoms. The zero-order valence-corrected chi connectivity index (χ0v) is 17.3. The smallest absolute Gasteiger partial charge is 0.242 e. The van der Waals surface area contributed by atoms with Gasteiger partial charge in [-0.05, 0) is 62.4 Å². The van der Waals surface area contributed by atoms with Gasteiger partial charge in [0.25, 0.3) is 0 Å². The van der Waals surface area contributed by atoms with Gasteiger partial charge in [0.05, 0.1) is 29.6 Å². The molecule has 152 valence electrons. The Morgan fingerprint density at radius 3 is 2.73 bits per heavy atom. The highest BCUT2D eigenvalue weighted by Crippen LogP contribution is 2.31. The maximum absolute atomic E-state index is 12.8. The number of amides is 1. The van der Waals surface area contributed by atoms with Crippen LogP contribution in [0.2, 0.25) is 0 Å². The van der Waals surface area contributed by atoms with E-state index in [9.17, 15) is 4.79 Å². The molecule has 2 aromatic carbocycles. The van der Waals surface area contributed by atoms with Gasteiger partial charge in [-0.3, -0.25) is 9.48 Å². The molecule has 0 bridgehead atoms. The topological polar surface area (TPSA) is 64.7 Å². The Bertz CT molecular complexity index is 1220. The van der Waals surface area contributed by atoms with Crippen molar-refractivity contribution >= 4 is 16.8 Å². The van der Waals surface area contributed by atoms with Crippen molar-refractivity contribution in [3.05, 3.63) is 77.2 Å². The molecule has 0 fully saturated rings. The van der Waals surface area contributed by atoms with Crippen molar-refractivity contribution in [1.29, 1.82) is 0 Å². The summed E-state index contributed by atoms with van der Waals surface area (Å²) in [5.41, 5.74) is 6.83. The van der Waals surface area contributed by atoms with Crippen LogP contribution in [0.3, 0.4) is 0 Å². The van der Waals surface area contributed by atoms with Gasteiger partial charge in [-0.15, -0.1) is 0 Å². The fourth-order valence-corrected chi connectivity index (χ4v) is 4.53. The van der Waals surface area contributed by atoms with Crippen molar-refractivity contribution in [1.82, 2.24) is 24.9 Å². The maximum Gasteiger partial charge on any atom is 0.242 e. The average Bonchev–Trinajstić information content (AvgIpc) is 3.32. The number of aromatic nitrogens is 4. The third kappa shape index (κ3) is 3.38. The Balaban J connectivity index is 1.37. The third-order valence-electron chi connectivity index (χ3n) is 5.81. The Labute approximate surface area is 175 Å². The first-order valence-corrected chi connectivity index (χ1v) is 10.4. The van der Waals surface area contributed by atoms with E-state index in [0.717, 1.165) is 41.4 Å². The molecule has 4 aromatic rings. The minimum absolute atomic E-state index is 0.0114. The van der Waals surface area contributed by atoms with E-state index < -0.39 is 0 Å². The number of carbonyl (C=O) groups is 1. The summed E-state index contributed by atoms with van der Waals surface area (Å²) in [6.45, 7) is 4.42. The predicted octanol–water partition coefficient (Wildman–Crippen LogP) is 4.03. The molecule has 1 aliphatic rings. The van der Waals surface area contributed by atoms with Gasteiger partial charge in [0.2, 0.25) is 5.91 Å². The lowest BCUT2D eigenvalue weighted by Gasteiger charge is -2.24. The number of fused-ring (bicyclic) bond motifs is 2. The molecule has 1 amide bonds. The molecule has 0 saturated carbocycles. The lowest BCUT2D eigenvalue weighted by Crippen LogP contribution is -2.33. The molecule has 1 N–H and O–H groups in total. The molecule has 2 aromatic heterocycles. The number of carbonyl (C=O) groups excluding carboxylic acids is 1. The van der Waals surface area contributed by atoms with Crippen molar-refractivity contribution in [2.24, 2.45) is 0 Å². The van der Waals surface area contributed by atoms with Gasteiger partial charge in [-0.1, -0.05) is 24.3 Å². The highest BCUT2D eigenvalue weighted by atomic mass is 16.2. The molecule has 5 rings (SSSR count). The molecule has 0 aliphatic heterocycles. The first kappa shape index (κ1) is 18.6. The second kappa shape index (κ2) is 7.44. The van der Waals surface area contributed by atoms with Crippen LogP contribution in [0.15, 0.2) is 54.9 Å². The van der Waals surface area contributed by atoms with Gasteiger partial charge in [0.1, 0.15) is 6.54 Å². The SMILES string of the molecule is Cc1cc(C)cc(-n2ncc3c2CCC[C@@H]3NC(=O)Cn2ncc3ccccc32)c1. The largest absolute Gasteiger partial charge is 0.348 e. The van der Waals surface area contributed by atoms with Crippen LogP contribution in [0.5, 0.6) is 0 Å². The second-order valence-electron chi connectivity index (χ2n) is 8.18. The molecule has 2 heterocycles. The summed E-state index contributed by atoms with van der Waals surface area (Å²) >= 11 is 0. The molecule has 1 aliphatic carbocycles. The monoisotopic (exact) mass is 399 g/mol. The average molecular weight is 399 g/mol. The van der Waals surface area contributed by atoms with Crippen LogP contribution in [0.4, 0.5) is 0 Å². The van der Waals surface area contributed by atoms with Gasteiger partial charge in [0, 0.05) is 16.6 Å². The minimum atomic E-state index is -0.0270. The highest BCUT2D eigenvalue weighted by molar-refractivity contribution is 5.82. The number of hydrogen-bond donors (Lipinski definition) is 1. The van der Waals surface area contributed by atoms with E-state index in [4.69, 9.17) is 0 Å². The number of rotatable bonds is 4. The summed E-state index contributed by atoms with van der Waals surface area (Å²) < 4.78 is 3.79. The van der Waals surface area contributed by atoms with E-state index in [-0.39, 0.29) is 18.5 Å². The summed E-state index contributed by atoms with van der Waals surface area (Å²) in [7, 11) is 0. The van der Waals surface area contributed by atoms with E-state index in [0.29, 0.717) is 0 Å². The van der Waals surface area contributed by atoms with Crippen LogP contribution in [0, 0.1) is 13.8 Å². The summed E-state index contributed by atoms with van der Waals surface area (Å²) in [6.07, 6.45) is 6.64. The molecule has 6 nitrogen and oxygen atoms in total. The number of aryl methyl sites for hydroxylation is 2. The molecule has 0 saturated heterocycles. The van der Waals surface area contributed by atoms with E-state index in [1.807, 2.05) is 35.1 Å². The molecule has 1 atom stereocenters. The Morgan fingerprint density at radius 2 is 1.90 bits per heavy atom. The third-order valence-corrected chi connectivity index (χ3v) is 5.81. The van der Waals surface area contributed by atoms with E-state index >= 15 is 0 Å². The van der Waals surface area contributed by atoms with E-state index in [2.05, 4.69) is 47.6 Å². The molecule has 0 radical (unpaired) electrons. The normalized spacial score (nSPS) is 15.9. The fourth-order valence-electron chi connectivity index (χ4n) is 4.53. The number of nitrogens with one attached hydrogen (secondary N) is 1. The summed E-state index contributed by atoms with van der Waals surface area (Å²) in [4.78, 5) is 12.8. The van der Waals surface area contributed by atoms with Crippen LogP contribution in [0.1, 0.15) is 41.3 Å². The van der Waals surface area contributed by atoms with Gasteiger partial charge >= 0.3 is 0 Å². The first-order chi connectivity index (χ1) is 14.6. The zero-order valence-electron chi connectivity index (χ0n) is 17.3. The van der Waals surface area contributed by atoms with Gasteiger partial charge in [0.15, 0.2) is 0 Å². The molecule has 30 heavy (non-hydrogen) atoms. The van der Waals surface area contributed by atoms with Crippen molar-refractivity contribution in [3.8, 4) is 5.69 Å². The van der Waals surface area contributed by atoms with Crippen molar-refractivity contribution in [3.63, 3.8) is 0 Å². The summed E-state index contributed by atoms with van der Waals surface area (Å²) in [6, 6.07) is 14.4. The number of hydrogen-bond acceptors (Lipinski definition) is 3. The Hall–Kier alpha value is -3.41. The first-order valence-electron chi connectivity index (χ1n) is 10.4. The minimum Gasteiger partial charge on any atom is -0.348 e. The van der Waals surface area contributed by atoms with Crippen LogP contribution >= 0.6 is 0 Å². The molecule has 6 heteroatoms. The Morgan fingerprint density at radius 1 is 1.10 bits per heavy atom. The number of para-hydroxylation sites is 1. The lowest BCUT2D eigenvalue weighted by atomic mass is 9.92.